The highest BCUT2D eigenvalue weighted by Gasteiger charge is 2.32. The summed E-state index contributed by atoms with van der Waals surface area (Å²) in [6.45, 7) is 13.4. The maximum atomic E-state index is 13.1. The molecule has 1 aliphatic carbocycles. The Bertz CT molecular complexity index is 662. The van der Waals surface area contributed by atoms with Crippen LogP contribution in [-0.4, -0.2) is 46.1 Å². The van der Waals surface area contributed by atoms with E-state index < -0.39 is 10.8 Å². The van der Waals surface area contributed by atoms with Gasteiger partial charge in [0.05, 0.1) is 11.7 Å². The van der Waals surface area contributed by atoms with Crippen LogP contribution in [0, 0.1) is 0 Å². The molecule has 1 aliphatic rings. The first-order chi connectivity index (χ1) is 13.7. The van der Waals surface area contributed by atoms with E-state index in [1.807, 2.05) is 0 Å². The molecule has 0 amide bonds. The topological polar surface area (TPSA) is 46.6 Å². The lowest BCUT2D eigenvalue weighted by atomic mass is 9.87. The van der Waals surface area contributed by atoms with Gasteiger partial charge in [-0.3, -0.25) is 9.00 Å². The second kappa shape index (κ2) is 11.3. The molecule has 0 saturated heterocycles. The van der Waals surface area contributed by atoms with Gasteiger partial charge in [-0.15, -0.1) is 0 Å². The van der Waals surface area contributed by atoms with Gasteiger partial charge in [0.1, 0.15) is 6.10 Å². The molecule has 1 fully saturated rings. The Kier molecular flexibility index (Phi) is 9.35. The van der Waals surface area contributed by atoms with Gasteiger partial charge in [0.25, 0.3) is 0 Å². The summed E-state index contributed by atoms with van der Waals surface area (Å²) in [7, 11) is -1.04. The van der Waals surface area contributed by atoms with Gasteiger partial charge in [0.15, 0.2) is 0 Å². The Balaban J connectivity index is 1.94. The molecule has 0 unspecified atom stereocenters. The van der Waals surface area contributed by atoms with Gasteiger partial charge in [-0.2, -0.15) is 0 Å². The van der Waals surface area contributed by atoms with Crippen molar-refractivity contribution in [1.29, 1.82) is 0 Å². The predicted octanol–water partition coefficient (Wildman–Crippen LogP) is 4.82. The maximum absolute atomic E-state index is 13.1. The molecule has 1 aromatic rings. The van der Waals surface area contributed by atoms with Gasteiger partial charge >= 0.3 is 5.97 Å². The molecule has 164 valence electrons. The molecule has 1 aromatic carbocycles. The standard InChI is InChI=1S/C24H39NO3S/c1-6-25(7-2)17-16-23(26)28-21-10-8-9-11-22(21)29(27)18-19-12-14-20(15-13-19)24(3,4)5/h12-15,21-22H,6-11,16-18H2,1-5H3/t21-,22+,29+/m0/s1. The molecule has 5 heteroatoms. The van der Waals surface area contributed by atoms with E-state index in [1.54, 1.807) is 0 Å². The van der Waals surface area contributed by atoms with Gasteiger partial charge in [-0.05, 0) is 48.9 Å². The predicted molar refractivity (Wildman–Crippen MR) is 122 cm³/mol. The van der Waals surface area contributed by atoms with Gasteiger partial charge in [0.2, 0.25) is 0 Å². The molecule has 0 N–H and O–H groups in total. The Morgan fingerprint density at radius 1 is 1.10 bits per heavy atom. The van der Waals surface area contributed by atoms with Crippen LogP contribution in [0.3, 0.4) is 0 Å². The second-order valence-electron chi connectivity index (χ2n) is 9.10. The Morgan fingerprint density at radius 2 is 1.72 bits per heavy atom. The number of benzene rings is 1. The number of esters is 1. The number of hydrogen-bond donors (Lipinski definition) is 0. The third-order valence-electron chi connectivity index (χ3n) is 5.92. The smallest absolute Gasteiger partial charge is 0.307 e. The molecule has 0 radical (unpaired) electrons. The average molecular weight is 422 g/mol. The van der Waals surface area contributed by atoms with Gasteiger partial charge < -0.3 is 9.64 Å². The zero-order valence-corrected chi connectivity index (χ0v) is 19.7. The third-order valence-corrected chi connectivity index (χ3v) is 7.75. The molecule has 0 aromatic heterocycles. The number of carbonyl (C=O) groups excluding carboxylic acids is 1. The number of ether oxygens (including phenoxy) is 1. The van der Waals surface area contributed by atoms with E-state index >= 15 is 0 Å². The molecule has 0 heterocycles. The van der Waals surface area contributed by atoms with E-state index in [0.29, 0.717) is 12.2 Å². The van der Waals surface area contributed by atoms with Gasteiger partial charge in [-0.1, -0.05) is 65.3 Å². The summed E-state index contributed by atoms with van der Waals surface area (Å²) in [6, 6.07) is 8.45. The van der Waals surface area contributed by atoms with E-state index in [0.717, 1.165) is 50.9 Å². The normalized spacial score (nSPS) is 21.2. The lowest BCUT2D eigenvalue weighted by Crippen LogP contribution is -2.38. The van der Waals surface area contributed by atoms with Gasteiger partial charge in [0, 0.05) is 23.1 Å². The molecule has 4 nitrogen and oxygen atoms in total. The van der Waals surface area contributed by atoms with Crippen molar-refractivity contribution in [3.8, 4) is 0 Å². The van der Waals surface area contributed by atoms with Crippen LogP contribution >= 0.6 is 0 Å². The highest BCUT2D eigenvalue weighted by molar-refractivity contribution is 7.84. The molecule has 3 atom stereocenters. The van der Waals surface area contributed by atoms with Crippen molar-refractivity contribution in [1.82, 2.24) is 4.90 Å². The first kappa shape index (κ1) is 24.1. The minimum atomic E-state index is -1.04. The third kappa shape index (κ3) is 7.53. The fourth-order valence-corrected chi connectivity index (χ4v) is 5.58. The highest BCUT2D eigenvalue weighted by atomic mass is 32.2. The zero-order valence-electron chi connectivity index (χ0n) is 18.9. The van der Waals surface area contributed by atoms with Crippen LogP contribution in [-0.2, 0) is 31.5 Å². The van der Waals surface area contributed by atoms with E-state index in [-0.39, 0.29) is 22.7 Å². The van der Waals surface area contributed by atoms with Crippen molar-refractivity contribution in [2.45, 2.75) is 89.2 Å². The summed E-state index contributed by atoms with van der Waals surface area (Å²) < 4.78 is 18.9. The van der Waals surface area contributed by atoms with Crippen LogP contribution in [0.25, 0.3) is 0 Å². The van der Waals surface area contributed by atoms with Crippen molar-refractivity contribution < 1.29 is 13.7 Å². The van der Waals surface area contributed by atoms with Crippen LogP contribution in [0.4, 0.5) is 0 Å². The number of nitrogens with zero attached hydrogens (tertiary/aromatic N) is 1. The summed E-state index contributed by atoms with van der Waals surface area (Å²) in [5.41, 5.74) is 2.49. The van der Waals surface area contributed by atoms with Gasteiger partial charge in [-0.25, -0.2) is 0 Å². The lowest BCUT2D eigenvalue weighted by Gasteiger charge is -2.31. The fraction of sp³-hybridized carbons (Fsp3) is 0.708. The maximum Gasteiger partial charge on any atom is 0.307 e. The molecule has 2 rings (SSSR count). The summed E-state index contributed by atoms with van der Waals surface area (Å²) in [4.78, 5) is 14.6. The van der Waals surface area contributed by atoms with E-state index in [9.17, 15) is 9.00 Å². The zero-order chi connectivity index (χ0) is 21.4. The Labute approximate surface area is 179 Å². The summed E-state index contributed by atoms with van der Waals surface area (Å²) in [6.07, 6.45) is 4.01. The minimum Gasteiger partial charge on any atom is -0.461 e. The summed E-state index contributed by atoms with van der Waals surface area (Å²) in [5.74, 6) is 0.378. The first-order valence-corrected chi connectivity index (χ1v) is 12.5. The van der Waals surface area contributed by atoms with Crippen molar-refractivity contribution in [3.05, 3.63) is 35.4 Å². The van der Waals surface area contributed by atoms with Crippen molar-refractivity contribution >= 4 is 16.8 Å². The van der Waals surface area contributed by atoms with Crippen molar-refractivity contribution in [2.75, 3.05) is 19.6 Å². The van der Waals surface area contributed by atoms with Crippen molar-refractivity contribution in [2.24, 2.45) is 0 Å². The Hall–Kier alpha value is -1.20. The van der Waals surface area contributed by atoms with Crippen molar-refractivity contribution in [3.63, 3.8) is 0 Å². The SMILES string of the molecule is CCN(CC)CCC(=O)O[C@H]1CCCC[C@H]1[S@](=O)Cc1ccc(C(C)(C)C)cc1. The molecule has 29 heavy (non-hydrogen) atoms. The number of hydrogen-bond acceptors (Lipinski definition) is 4. The molecular weight excluding hydrogens is 382 g/mol. The van der Waals surface area contributed by atoms with Crippen LogP contribution in [0.1, 0.15) is 77.8 Å². The monoisotopic (exact) mass is 421 g/mol. The highest BCUT2D eigenvalue weighted by Crippen LogP contribution is 2.28. The molecule has 0 spiro atoms. The lowest BCUT2D eigenvalue weighted by molar-refractivity contribution is -0.150. The second-order valence-corrected chi connectivity index (χ2v) is 10.8. The molecular formula is C24H39NO3S. The summed E-state index contributed by atoms with van der Waals surface area (Å²) >= 11 is 0. The quantitative estimate of drug-likeness (QED) is 0.536. The first-order valence-electron chi connectivity index (χ1n) is 11.1. The van der Waals surface area contributed by atoms with E-state index in [2.05, 4.69) is 63.8 Å². The molecule has 1 saturated carbocycles. The minimum absolute atomic E-state index is 0.0524. The van der Waals surface area contributed by atoms with E-state index in [4.69, 9.17) is 4.74 Å². The number of rotatable bonds is 9. The number of carbonyl (C=O) groups is 1. The average Bonchev–Trinajstić information content (AvgIpc) is 2.69. The largest absolute Gasteiger partial charge is 0.461 e. The van der Waals surface area contributed by atoms with Crippen LogP contribution in [0.15, 0.2) is 24.3 Å². The van der Waals surface area contributed by atoms with E-state index in [1.165, 1.54) is 5.56 Å². The molecule has 0 aliphatic heterocycles. The Morgan fingerprint density at radius 3 is 2.31 bits per heavy atom. The van der Waals surface area contributed by atoms with Crippen LogP contribution in [0.2, 0.25) is 0 Å². The summed E-state index contributed by atoms with van der Waals surface area (Å²) in [5, 5.41) is -0.0524. The van der Waals surface area contributed by atoms with Crippen LogP contribution < -0.4 is 0 Å². The van der Waals surface area contributed by atoms with Crippen LogP contribution in [0.5, 0.6) is 0 Å². The molecule has 0 bridgehead atoms. The fourth-order valence-electron chi connectivity index (χ4n) is 3.89.